The minimum atomic E-state index is -0.214. The van der Waals surface area contributed by atoms with E-state index < -0.39 is 0 Å². The second-order valence-electron chi connectivity index (χ2n) is 6.85. The predicted octanol–water partition coefficient (Wildman–Crippen LogP) is 3.81. The highest BCUT2D eigenvalue weighted by atomic mass is 127. The molecule has 0 atom stereocenters. The van der Waals surface area contributed by atoms with Gasteiger partial charge in [-0.25, -0.2) is 4.39 Å². The van der Waals surface area contributed by atoms with Gasteiger partial charge in [-0.1, -0.05) is 25.3 Å². The van der Waals surface area contributed by atoms with Crippen LogP contribution in [-0.4, -0.2) is 37.8 Å². The standard InChI is InChI=1S/C20H31FN4OS.HI/c1-22-20(23-11-10-19(26)25-18-6-4-3-5-7-18)24-13-15-8-9-17(21)12-16(15)14-27-2;/h8-9,12,18H,3-7,10-11,13-14H2,1-2H3,(H,25,26)(H2,22,23,24);1H. The molecule has 0 heterocycles. The van der Waals surface area contributed by atoms with Gasteiger partial charge in [0, 0.05) is 38.4 Å². The summed E-state index contributed by atoms with van der Waals surface area (Å²) in [5.41, 5.74) is 2.03. The van der Waals surface area contributed by atoms with Gasteiger partial charge in [0.05, 0.1) is 0 Å². The highest BCUT2D eigenvalue weighted by Crippen LogP contribution is 2.17. The van der Waals surface area contributed by atoms with Crippen LogP contribution < -0.4 is 16.0 Å². The molecule has 1 aromatic carbocycles. The van der Waals surface area contributed by atoms with Crippen LogP contribution in [0.5, 0.6) is 0 Å². The first-order valence-electron chi connectivity index (χ1n) is 9.62. The average molecular weight is 522 g/mol. The van der Waals surface area contributed by atoms with Crippen LogP contribution in [0.2, 0.25) is 0 Å². The van der Waals surface area contributed by atoms with Gasteiger partial charge >= 0.3 is 0 Å². The SMILES string of the molecule is CN=C(NCCC(=O)NC1CCCCC1)NCc1ccc(F)cc1CSC.I. The Morgan fingerprint density at radius 2 is 1.96 bits per heavy atom. The van der Waals surface area contributed by atoms with Crippen LogP contribution in [0.1, 0.15) is 49.7 Å². The molecular formula is C20H32FIN4OS. The second-order valence-corrected chi connectivity index (χ2v) is 7.72. The lowest BCUT2D eigenvalue weighted by Gasteiger charge is -2.22. The molecule has 1 aromatic rings. The van der Waals surface area contributed by atoms with E-state index in [-0.39, 0.29) is 35.7 Å². The van der Waals surface area contributed by atoms with Crippen molar-refractivity contribution in [2.45, 2.75) is 56.9 Å². The molecule has 1 aliphatic rings. The molecule has 0 aliphatic heterocycles. The molecule has 0 aromatic heterocycles. The zero-order valence-corrected chi connectivity index (χ0v) is 19.9. The Kier molecular flexibility index (Phi) is 12.5. The van der Waals surface area contributed by atoms with Crippen LogP contribution in [0, 0.1) is 5.82 Å². The number of nitrogens with one attached hydrogen (secondary N) is 3. The van der Waals surface area contributed by atoms with Gasteiger partial charge in [0.25, 0.3) is 0 Å². The average Bonchev–Trinajstić information content (AvgIpc) is 2.67. The Morgan fingerprint density at radius 1 is 1.21 bits per heavy atom. The molecule has 8 heteroatoms. The van der Waals surface area contributed by atoms with Gasteiger partial charge in [0.2, 0.25) is 5.91 Å². The summed E-state index contributed by atoms with van der Waals surface area (Å²) in [6.45, 7) is 1.09. The lowest BCUT2D eigenvalue weighted by Crippen LogP contribution is -2.41. The van der Waals surface area contributed by atoms with E-state index in [1.165, 1.54) is 25.3 Å². The monoisotopic (exact) mass is 522 g/mol. The molecule has 0 radical (unpaired) electrons. The summed E-state index contributed by atoms with van der Waals surface area (Å²) in [6.07, 6.45) is 8.31. The minimum Gasteiger partial charge on any atom is -0.356 e. The van der Waals surface area contributed by atoms with Crippen LogP contribution in [0.25, 0.3) is 0 Å². The summed E-state index contributed by atoms with van der Waals surface area (Å²) >= 11 is 1.66. The molecule has 1 fully saturated rings. The number of benzene rings is 1. The van der Waals surface area contributed by atoms with E-state index >= 15 is 0 Å². The third kappa shape index (κ3) is 8.98. The molecule has 1 saturated carbocycles. The first-order valence-corrected chi connectivity index (χ1v) is 11.0. The molecule has 3 N–H and O–H groups in total. The summed E-state index contributed by atoms with van der Waals surface area (Å²) in [4.78, 5) is 16.3. The molecular weight excluding hydrogens is 490 g/mol. The Morgan fingerprint density at radius 3 is 2.64 bits per heavy atom. The van der Waals surface area contributed by atoms with Crippen molar-refractivity contribution in [3.63, 3.8) is 0 Å². The predicted molar refractivity (Wildman–Crippen MR) is 127 cm³/mol. The maximum absolute atomic E-state index is 13.4. The summed E-state index contributed by atoms with van der Waals surface area (Å²) in [7, 11) is 1.70. The Balaban J connectivity index is 0.00000392. The van der Waals surface area contributed by atoms with Gasteiger partial charge in [-0.3, -0.25) is 9.79 Å². The van der Waals surface area contributed by atoms with Crippen molar-refractivity contribution < 1.29 is 9.18 Å². The number of rotatable bonds is 8. The number of halogens is 2. The number of hydrogen-bond donors (Lipinski definition) is 3. The fraction of sp³-hybridized carbons (Fsp3) is 0.600. The molecule has 0 bridgehead atoms. The number of aliphatic imine (C=N–C) groups is 1. The van der Waals surface area contributed by atoms with Crippen LogP contribution in [0.15, 0.2) is 23.2 Å². The summed E-state index contributed by atoms with van der Waals surface area (Å²) in [6, 6.07) is 5.21. The maximum atomic E-state index is 13.4. The van der Waals surface area contributed by atoms with E-state index in [0.717, 1.165) is 29.7 Å². The topological polar surface area (TPSA) is 65.5 Å². The fourth-order valence-electron chi connectivity index (χ4n) is 3.30. The second kappa shape index (κ2) is 14.0. The molecule has 28 heavy (non-hydrogen) atoms. The van der Waals surface area contributed by atoms with Crippen molar-refractivity contribution in [2.75, 3.05) is 19.8 Å². The van der Waals surface area contributed by atoms with Gasteiger partial charge in [-0.05, 0) is 42.4 Å². The lowest BCUT2D eigenvalue weighted by molar-refractivity contribution is -0.121. The van der Waals surface area contributed by atoms with E-state index in [1.807, 2.05) is 6.26 Å². The number of hydrogen-bond acceptors (Lipinski definition) is 3. The Hall–Kier alpha value is -1.03. The van der Waals surface area contributed by atoms with Crippen molar-refractivity contribution in [3.05, 3.63) is 35.1 Å². The summed E-state index contributed by atoms with van der Waals surface area (Å²) in [5, 5.41) is 9.52. The molecule has 5 nitrogen and oxygen atoms in total. The third-order valence-corrected chi connectivity index (χ3v) is 5.35. The molecule has 1 aliphatic carbocycles. The van der Waals surface area contributed by atoms with E-state index in [0.29, 0.717) is 31.5 Å². The zero-order chi connectivity index (χ0) is 19.5. The molecule has 158 valence electrons. The number of carbonyl (C=O) groups is 1. The largest absolute Gasteiger partial charge is 0.356 e. The zero-order valence-electron chi connectivity index (χ0n) is 16.7. The quantitative estimate of drug-likeness (QED) is 0.276. The Labute approximate surface area is 189 Å². The van der Waals surface area contributed by atoms with Gasteiger partial charge in [0.15, 0.2) is 5.96 Å². The normalized spacial score (nSPS) is 14.9. The van der Waals surface area contributed by atoms with Gasteiger partial charge in [0.1, 0.15) is 5.82 Å². The van der Waals surface area contributed by atoms with Crippen molar-refractivity contribution in [1.82, 2.24) is 16.0 Å². The molecule has 0 unspecified atom stereocenters. The van der Waals surface area contributed by atoms with E-state index in [9.17, 15) is 9.18 Å². The van der Waals surface area contributed by atoms with Crippen molar-refractivity contribution in [3.8, 4) is 0 Å². The molecule has 2 rings (SSSR count). The maximum Gasteiger partial charge on any atom is 0.221 e. The first kappa shape index (κ1) is 25.0. The number of thioether (sulfide) groups is 1. The highest BCUT2D eigenvalue weighted by molar-refractivity contribution is 14.0. The van der Waals surface area contributed by atoms with Gasteiger partial charge in [-0.15, -0.1) is 24.0 Å². The van der Waals surface area contributed by atoms with Crippen molar-refractivity contribution in [2.24, 2.45) is 4.99 Å². The third-order valence-electron chi connectivity index (χ3n) is 4.75. The number of amides is 1. The van der Waals surface area contributed by atoms with Crippen LogP contribution in [0.3, 0.4) is 0 Å². The first-order chi connectivity index (χ1) is 13.1. The van der Waals surface area contributed by atoms with Crippen LogP contribution >= 0.6 is 35.7 Å². The number of nitrogens with zero attached hydrogens (tertiary/aromatic N) is 1. The van der Waals surface area contributed by atoms with Crippen LogP contribution in [-0.2, 0) is 17.1 Å². The summed E-state index contributed by atoms with van der Waals surface area (Å²) in [5.74, 6) is 1.28. The summed E-state index contributed by atoms with van der Waals surface area (Å²) < 4.78 is 13.4. The van der Waals surface area contributed by atoms with Crippen molar-refractivity contribution >= 4 is 47.6 Å². The Bertz CT molecular complexity index is 639. The van der Waals surface area contributed by atoms with E-state index in [2.05, 4.69) is 20.9 Å². The molecule has 0 spiro atoms. The van der Waals surface area contributed by atoms with E-state index in [4.69, 9.17) is 0 Å². The van der Waals surface area contributed by atoms with Gasteiger partial charge in [-0.2, -0.15) is 11.8 Å². The smallest absolute Gasteiger partial charge is 0.221 e. The fourth-order valence-corrected chi connectivity index (χ4v) is 3.88. The lowest BCUT2D eigenvalue weighted by atomic mass is 9.95. The van der Waals surface area contributed by atoms with E-state index in [1.54, 1.807) is 30.9 Å². The van der Waals surface area contributed by atoms with Gasteiger partial charge < -0.3 is 16.0 Å². The minimum absolute atomic E-state index is 0. The molecule has 0 saturated heterocycles. The van der Waals surface area contributed by atoms with Crippen LogP contribution in [0.4, 0.5) is 4.39 Å². The molecule has 1 amide bonds. The number of guanidine groups is 1. The number of carbonyl (C=O) groups excluding carboxylic acids is 1. The van der Waals surface area contributed by atoms with Crippen molar-refractivity contribution in [1.29, 1.82) is 0 Å². The highest BCUT2D eigenvalue weighted by Gasteiger charge is 2.15.